The molecule has 0 spiro atoms. The van der Waals surface area contributed by atoms with Gasteiger partial charge in [-0.15, -0.1) is 0 Å². The fraction of sp³-hybridized carbons (Fsp3) is 0.312. The van der Waals surface area contributed by atoms with Crippen LogP contribution in [0.3, 0.4) is 0 Å². The standard InChI is InChI=1S/C16H21N3O3S/c17-19-16(20)11-2-1-5-12-18-23(21,22)15-10-6-8-13-7-3-4-9-14(13)15/h3-4,6-10,18H,1-2,5,11-12,17H2,(H,19,20). The number of benzene rings is 2. The Morgan fingerprint density at radius 3 is 2.52 bits per heavy atom. The van der Waals surface area contributed by atoms with Gasteiger partial charge in [0.1, 0.15) is 0 Å². The molecule has 0 fully saturated rings. The van der Waals surface area contributed by atoms with E-state index < -0.39 is 10.0 Å². The molecule has 0 saturated heterocycles. The predicted molar refractivity (Wildman–Crippen MR) is 89.9 cm³/mol. The summed E-state index contributed by atoms with van der Waals surface area (Å²) in [7, 11) is -3.54. The molecule has 0 atom stereocenters. The molecule has 2 aromatic carbocycles. The normalized spacial score (nSPS) is 11.5. The molecular formula is C16H21N3O3S. The van der Waals surface area contributed by atoms with Crippen LogP contribution in [0.5, 0.6) is 0 Å². The molecule has 0 aliphatic heterocycles. The largest absolute Gasteiger partial charge is 0.294 e. The smallest absolute Gasteiger partial charge is 0.241 e. The zero-order valence-electron chi connectivity index (χ0n) is 12.8. The number of nitrogens with two attached hydrogens (primary N) is 1. The van der Waals surface area contributed by atoms with Crippen molar-refractivity contribution in [1.29, 1.82) is 0 Å². The van der Waals surface area contributed by atoms with Crippen molar-refractivity contribution in [1.82, 2.24) is 10.1 Å². The van der Waals surface area contributed by atoms with Gasteiger partial charge >= 0.3 is 0 Å². The van der Waals surface area contributed by atoms with Gasteiger partial charge in [0.25, 0.3) is 0 Å². The second-order valence-corrected chi connectivity index (χ2v) is 6.99. The van der Waals surface area contributed by atoms with Crippen LogP contribution in [0, 0.1) is 0 Å². The molecule has 23 heavy (non-hydrogen) atoms. The van der Waals surface area contributed by atoms with E-state index in [4.69, 9.17) is 5.84 Å². The van der Waals surface area contributed by atoms with Crippen molar-refractivity contribution >= 4 is 26.7 Å². The third-order valence-corrected chi connectivity index (χ3v) is 5.09. The zero-order valence-corrected chi connectivity index (χ0v) is 13.6. The van der Waals surface area contributed by atoms with Crippen LogP contribution < -0.4 is 16.0 Å². The van der Waals surface area contributed by atoms with Crippen molar-refractivity contribution in [3.63, 3.8) is 0 Å². The first-order chi connectivity index (χ1) is 11.0. The number of carbonyl (C=O) groups is 1. The van der Waals surface area contributed by atoms with Crippen LogP contribution in [0.25, 0.3) is 10.8 Å². The highest BCUT2D eigenvalue weighted by molar-refractivity contribution is 7.89. The summed E-state index contributed by atoms with van der Waals surface area (Å²) in [5, 5.41) is 1.60. The van der Waals surface area contributed by atoms with Crippen LogP contribution in [0.4, 0.5) is 0 Å². The minimum atomic E-state index is -3.54. The van der Waals surface area contributed by atoms with Crippen LogP contribution >= 0.6 is 0 Å². The van der Waals surface area contributed by atoms with Crippen molar-refractivity contribution in [3.05, 3.63) is 42.5 Å². The summed E-state index contributed by atoms with van der Waals surface area (Å²) in [5.41, 5.74) is 2.07. The van der Waals surface area contributed by atoms with Crippen LogP contribution in [0.1, 0.15) is 25.7 Å². The van der Waals surface area contributed by atoms with Gasteiger partial charge in [0.2, 0.25) is 15.9 Å². The summed E-state index contributed by atoms with van der Waals surface area (Å²) >= 11 is 0. The number of unbranched alkanes of at least 4 members (excludes halogenated alkanes) is 2. The molecule has 2 rings (SSSR count). The SMILES string of the molecule is NNC(=O)CCCCCNS(=O)(=O)c1cccc2ccccc12. The molecule has 0 aromatic heterocycles. The monoisotopic (exact) mass is 335 g/mol. The van der Waals surface area contributed by atoms with Gasteiger partial charge < -0.3 is 0 Å². The number of sulfonamides is 1. The number of carbonyl (C=O) groups excluding carboxylic acids is 1. The zero-order chi connectivity index (χ0) is 16.7. The van der Waals surface area contributed by atoms with Gasteiger partial charge in [0, 0.05) is 18.4 Å². The first-order valence-electron chi connectivity index (χ1n) is 7.51. The Labute approximate surface area is 136 Å². The van der Waals surface area contributed by atoms with Crippen molar-refractivity contribution in [3.8, 4) is 0 Å². The topological polar surface area (TPSA) is 101 Å². The number of rotatable bonds is 8. The fourth-order valence-electron chi connectivity index (χ4n) is 2.37. The summed E-state index contributed by atoms with van der Waals surface area (Å²) < 4.78 is 27.5. The van der Waals surface area contributed by atoms with Gasteiger partial charge in [-0.3, -0.25) is 10.2 Å². The van der Waals surface area contributed by atoms with Gasteiger partial charge in [-0.05, 0) is 24.3 Å². The van der Waals surface area contributed by atoms with Crippen molar-refractivity contribution in [2.75, 3.05) is 6.54 Å². The molecule has 0 aliphatic rings. The highest BCUT2D eigenvalue weighted by atomic mass is 32.2. The fourth-order valence-corrected chi connectivity index (χ4v) is 3.68. The van der Waals surface area contributed by atoms with Gasteiger partial charge in [-0.1, -0.05) is 42.8 Å². The number of fused-ring (bicyclic) bond motifs is 1. The van der Waals surface area contributed by atoms with Gasteiger partial charge in [0.15, 0.2) is 0 Å². The maximum atomic E-state index is 12.4. The van der Waals surface area contributed by atoms with Gasteiger partial charge in [-0.2, -0.15) is 0 Å². The lowest BCUT2D eigenvalue weighted by atomic mass is 10.1. The van der Waals surface area contributed by atoms with Crippen molar-refractivity contribution in [2.45, 2.75) is 30.6 Å². The highest BCUT2D eigenvalue weighted by Gasteiger charge is 2.16. The summed E-state index contributed by atoms with van der Waals surface area (Å²) in [5.74, 6) is 4.78. The molecule has 0 radical (unpaired) electrons. The van der Waals surface area contributed by atoms with E-state index >= 15 is 0 Å². The molecule has 0 saturated carbocycles. The van der Waals surface area contributed by atoms with E-state index in [-0.39, 0.29) is 10.8 Å². The lowest BCUT2D eigenvalue weighted by Gasteiger charge is -2.09. The number of hydrogen-bond acceptors (Lipinski definition) is 4. The van der Waals surface area contributed by atoms with E-state index in [0.29, 0.717) is 31.2 Å². The Hall–Kier alpha value is -1.96. The van der Waals surface area contributed by atoms with E-state index in [2.05, 4.69) is 10.1 Å². The second-order valence-electron chi connectivity index (χ2n) is 5.25. The molecule has 0 aliphatic carbocycles. The number of nitrogens with one attached hydrogen (secondary N) is 2. The van der Waals surface area contributed by atoms with Crippen molar-refractivity contribution in [2.24, 2.45) is 5.84 Å². The van der Waals surface area contributed by atoms with Gasteiger partial charge in [0.05, 0.1) is 4.90 Å². The summed E-state index contributed by atoms with van der Waals surface area (Å²) in [6.45, 7) is 0.343. The van der Waals surface area contributed by atoms with Crippen LogP contribution in [0.2, 0.25) is 0 Å². The Bertz CT molecular complexity index is 770. The van der Waals surface area contributed by atoms with Gasteiger partial charge in [-0.25, -0.2) is 19.0 Å². The average Bonchev–Trinajstić information content (AvgIpc) is 2.57. The summed E-state index contributed by atoms with van der Waals surface area (Å²) in [6, 6.07) is 12.6. The van der Waals surface area contributed by atoms with E-state index in [1.54, 1.807) is 18.2 Å². The van der Waals surface area contributed by atoms with E-state index in [9.17, 15) is 13.2 Å². The Morgan fingerprint density at radius 2 is 1.74 bits per heavy atom. The molecule has 6 nitrogen and oxygen atoms in total. The van der Waals surface area contributed by atoms with E-state index in [0.717, 1.165) is 11.8 Å². The molecule has 0 heterocycles. The number of amides is 1. The molecule has 0 bridgehead atoms. The first kappa shape index (κ1) is 17.4. The molecule has 7 heteroatoms. The third-order valence-electron chi connectivity index (χ3n) is 3.57. The molecule has 124 valence electrons. The second kappa shape index (κ2) is 8.05. The first-order valence-corrected chi connectivity index (χ1v) is 9.00. The molecule has 0 unspecified atom stereocenters. The number of hydrogen-bond donors (Lipinski definition) is 3. The minimum absolute atomic E-state index is 0.207. The number of hydrazine groups is 1. The Morgan fingerprint density at radius 1 is 1.00 bits per heavy atom. The van der Waals surface area contributed by atoms with E-state index in [1.165, 1.54) is 0 Å². The maximum Gasteiger partial charge on any atom is 0.241 e. The van der Waals surface area contributed by atoms with Crippen LogP contribution in [-0.2, 0) is 14.8 Å². The van der Waals surface area contributed by atoms with Crippen LogP contribution in [-0.4, -0.2) is 20.9 Å². The maximum absolute atomic E-state index is 12.4. The summed E-state index contributed by atoms with van der Waals surface area (Å²) in [6.07, 6.45) is 2.46. The average molecular weight is 335 g/mol. The lowest BCUT2D eigenvalue weighted by Crippen LogP contribution is -2.29. The molecule has 2 aromatic rings. The third kappa shape index (κ3) is 4.75. The van der Waals surface area contributed by atoms with E-state index in [1.807, 2.05) is 24.3 Å². The quantitative estimate of drug-likeness (QED) is 0.295. The minimum Gasteiger partial charge on any atom is -0.294 e. The molecule has 1 amide bonds. The Balaban J connectivity index is 1.93. The predicted octanol–water partition coefficient (Wildman–Crippen LogP) is 1.67. The molecule has 4 N–H and O–H groups in total. The van der Waals surface area contributed by atoms with Crippen molar-refractivity contribution < 1.29 is 13.2 Å². The van der Waals surface area contributed by atoms with Crippen LogP contribution in [0.15, 0.2) is 47.4 Å². The Kier molecular flexibility index (Phi) is 6.09. The molecular weight excluding hydrogens is 314 g/mol. The highest BCUT2D eigenvalue weighted by Crippen LogP contribution is 2.22. The summed E-state index contributed by atoms with van der Waals surface area (Å²) in [4.78, 5) is 11.3. The lowest BCUT2D eigenvalue weighted by molar-refractivity contribution is -0.121.